The molecule has 3 amide bonds. The Bertz CT molecular complexity index is 1100. The standard InChI is InChI=1S/C30H37N3O3/c1-2-31(21-22-11-6-5-7-12-22)28(34)23-17-19-32(20-18-23)26-16-10-15-25-27(26)30(36)33(29(25)35)24-13-8-3-4-9-14-24/h5-7,10-12,15-16,23-24H,2-4,8-9,13-14,17-21H2,1H3. The molecule has 1 saturated carbocycles. The third kappa shape index (κ3) is 4.78. The van der Waals surface area contributed by atoms with Crippen molar-refractivity contribution in [3.8, 4) is 0 Å². The summed E-state index contributed by atoms with van der Waals surface area (Å²) in [5, 5.41) is 0. The number of carbonyl (C=O) groups excluding carboxylic acids is 3. The number of nitrogens with zero attached hydrogens (tertiary/aromatic N) is 3. The first-order valence-corrected chi connectivity index (χ1v) is 13.7. The van der Waals surface area contributed by atoms with Crippen LogP contribution in [0.15, 0.2) is 48.5 Å². The van der Waals surface area contributed by atoms with Gasteiger partial charge in [0.05, 0.1) is 16.8 Å². The molecule has 6 heteroatoms. The van der Waals surface area contributed by atoms with Gasteiger partial charge in [-0.3, -0.25) is 19.3 Å². The van der Waals surface area contributed by atoms with Gasteiger partial charge in [-0.05, 0) is 50.3 Å². The van der Waals surface area contributed by atoms with Gasteiger partial charge in [-0.15, -0.1) is 0 Å². The van der Waals surface area contributed by atoms with E-state index >= 15 is 0 Å². The van der Waals surface area contributed by atoms with Gasteiger partial charge in [0, 0.05) is 38.1 Å². The molecule has 2 aliphatic heterocycles. The van der Waals surface area contributed by atoms with E-state index in [0.717, 1.165) is 49.8 Å². The summed E-state index contributed by atoms with van der Waals surface area (Å²) in [7, 11) is 0. The Kier molecular flexibility index (Phi) is 7.40. The quantitative estimate of drug-likeness (QED) is 0.411. The summed E-state index contributed by atoms with van der Waals surface area (Å²) in [5.74, 6) is -0.0596. The monoisotopic (exact) mass is 487 g/mol. The van der Waals surface area contributed by atoms with Gasteiger partial charge in [-0.25, -0.2) is 0 Å². The lowest BCUT2D eigenvalue weighted by Crippen LogP contribution is -2.43. The first kappa shape index (κ1) is 24.5. The summed E-state index contributed by atoms with van der Waals surface area (Å²) >= 11 is 0. The molecule has 1 saturated heterocycles. The molecule has 1 aliphatic carbocycles. The van der Waals surface area contributed by atoms with E-state index in [-0.39, 0.29) is 29.7 Å². The number of carbonyl (C=O) groups is 3. The predicted octanol–water partition coefficient (Wildman–Crippen LogP) is 5.27. The maximum atomic E-state index is 13.6. The van der Waals surface area contributed by atoms with Crippen LogP contribution >= 0.6 is 0 Å². The Labute approximate surface area is 214 Å². The fourth-order valence-corrected chi connectivity index (χ4v) is 6.17. The first-order chi connectivity index (χ1) is 17.6. The van der Waals surface area contributed by atoms with Crippen molar-refractivity contribution in [1.29, 1.82) is 0 Å². The van der Waals surface area contributed by atoms with Crippen LogP contribution in [0.1, 0.15) is 84.6 Å². The fourth-order valence-electron chi connectivity index (χ4n) is 6.17. The van der Waals surface area contributed by atoms with Crippen molar-refractivity contribution in [2.75, 3.05) is 24.5 Å². The molecule has 3 aliphatic rings. The third-order valence-electron chi connectivity index (χ3n) is 8.21. The highest BCUT2D eigenvalue weighted by Gasteiger charge is 2.42. The molecule has 0 spiro atoms. The van der Waals surface area contributed by atoms with Crippen molar-refractivity contribution in [3.05, 3.63) is 65.2 Å². The summed E-state index contributed by atoms with van der Waals surface area (Å²) in [6.45, 7) is 4.77. The maximum Gasteiger partial charge on any atom is 0.263 e. The summed E-state index contributed by atoms with van der Waals surface area (Å²) in [6.07, 6.45) is 7.83. The van der Waals surface area contributed by atoms with Gasteiger partial charge in [0.1, 0.15) is 0 Å². The molecule has 0 unspecified atom stereocenters. The van der Waals surface area contributed by atoms with Crippen LogP contribution in [0, 0.1) is 5.92 Å². The lowest BCUT2D eigenvalue weighted by Gasteiger charge is -2.36. The summed E-state index contributed by atoms with van der Waals surface area (Å²) in [6, 6.07) is 15.8. The minimum Gasteiger partial charge on any atom is -0.371 e. The zero-order chi connectivity index (χ0) is 25.1. The molecule has 190 valence electrons. The van der Waals surface area contributed by atoms with Crippen molar-refractivity contribution in [1.82, 2.24) is 9.80 Å². The largest absolute Gasteiger partial charge is 0.371 e. The number of benzene rings is 2. The van der Waals surface area contributed by atoms with Gasteiger partial charge >= 0.3 is 0 Å². The molecule has 0 bridgehead atoms. The second kappa shape index (κ2) is 10.9. The van der Waals surface area contributed by atoms with Gasteiger partial charge in [-0.1, -0.05) is 62.1 Å². The van der Waals surface area contributed by atoms with Gasteiger partial charge in [0.25, 0.3) is 11.8 Å². The highest BCUT2D eigenvalue weighted by atomic mass is 16.2. The molecular formula is C30H37N3O3. The van der Waals surface area contributed by atoms with Crippen molar-refractivity contribution < 1.29 is 14.4 Å². The van der Waals surface area contributed by atoms with Crippen LogP contribution in [0.2, 0.25) is 0 Å². The van der Waals surface area contributed by atoms with E-state index in [1.807, 2.05) is 42.2 Å². The molecule has 0 atom stereocenters. The van der Waals surface area contributed by atoms with Crippen LogP contribution in [-0.4, -0.2) is 53.2 Å². The molecule has 36 heavy (non-hydrogen) atoms. The Morgan fingerprint density at radius 2 is 1.56 bits per heavy atom. The minimum absolute atomic E-state index is 0.0125. The minimum atomic E-state index is -0.131. The lowest BCUT2D eigenvalue weighted by molar-refractivity contribution is -0.136. The Morgan fingerprint density at radius 3 is 2.22 bits per heavy atom. The molecule has 2 aromatic rings. The summed E-state index contributed by atoms with van der Waals surface area (Å²) in [4.78, 5) is 45.9. The number of rotatable bonds is 6. The zero-order valence-electron chi connectivity index (χ0n) is 21.3. The normalized spacial score (nSPS) is 19.4. The summed E-state index contributed by atoms with van der Waals surface area (Å²) < 4.78 is 0. The number of anilines is 1. The van der Waals surface area contributed by atoms with Gasteiger partial charge in [0.2, 0.25) is 5.91 Å². The Morgan fingerprint density at radius 1 is 0.861 bits per heavy atom. The van der Waals surface area contributed by atoms with Crippen molar-refractivity contribution in [3.63, 3.8) is 0 Å². The second-order valence-electron chi connectivity index (χ2n) is 10.4. The van der Waals surface area contributed by atoms with E-state index in [1.54, 1.807) is 11.0 Å². The number of imide groups is 1. The lowest BCUT2D eigenvalue weighted by atomic mass is 9.93. The molecule has 2 heterocycles. The Hall–Kier alpha value is -3.15. The van der Waals surface area contributed by atoms with Gasteiger partial charge in [0.15, 0.2) is 0 Å². The van der Waals surface area contributed by atoms with E-state index in [0.29, 0.717) is 37.3 Å². The van der Waals surface area contributed by atoms with Crippen molar-refractivity contribution >= 4 is 23.4 Å². The van der Waals surface area contributed by atoms with E-state index in [1.165, 1.54) is 12.8 Å². The van der Waals surface area contributed by atoms with E-state index in [4.69, 9.17) is 0 Å². The molecule has 0 N–H and O–H groups in total. The van der Waals surface area contributed by atoms with Gasteiger partial charge < -0.3 is 9.80 Å². The average molecular weight is 488 g/mol. The van der Waals surface area contributed by atoms with Crippen LogP contribution in [0.25, 0.3) is 0 Å². The Balaban J connectivity index is 1.27. The number of piperidine rings is 1. The van der Waals surface area contributed by atoms with Crippen molar-refractivity contribution in [2.45, 2.75) is 70.9 Å². The molecular weight excluding hydrogens is 450 g/mol. The van der Waals surface area contributed by atoms with E-state index < -0.39 is 0 Å². The smallest absolute Gasteiger partial charge is 0.263 e. The van der Waals surface area contributed by atoms with E-state index in [9.17, 15) is 14.4 Å². The zero-order valence-corrected chi connectivity index (χ0v) is 21.3. The van der Waals surface area contributed by atoms with Crippen LogP contribution < -0.4 is 4.90 Å². The number of hydrogen-bond donors (Lipinski definition) is 0. The molecule has 6 nitrogen and oxygen atoms in total. The van der Waals surface area contributed by atoms with Crippen LogP contribution in [0.5, 0.6) is 0 Å². The highest BCUT2D eigenvalue weighted by molar-refractivity contribution is 6.24. The van der Waals surface area contributed by atoms with Gasteiger partial charge in [-0.2, -0.15) is 0 Å². The number of hydrogen-bond acceptors (Lipinski definition) is 4. The molecule has 0 aromatic heterocycles. The molecule has 2 fully saturated rings. The average Bonchev–Trinajstić information content (AvgIpc) is 3.07. The maximum absolute atomic E-state index is 13.6. The highest BCUT2D eigenvalue weighted by Crippen LogP contribution is 2.37. The molecule has 5 rings (SSSR count). The van der Waals surface area contributed by atoms with Crippen LogP contribution in [0.4, 0.5) is 5.69 Å². The molecule has 0 radical (unpaired) electrons. The number of fused-ring (bicyclic) bond motifs is 1. The van der Waals surface area contributed by atoms with E-state index in [2.05, 4.69) is 17.0 Å². The van der Waals surface area contributed by atoms with Crippen molar-refractivity contribution in [2.24, 2.45) is 5.92 Å². The fraction of sp³-hybridized carbons (Fsp3) is 0.500. The molecule has 2 aromatic carbocycles. The topological polar surface area (TPSA) is 60.9 Å². The second-order valence-corrected chi connectivity index (χ2v) is 10.4. The number of amides is 3. The SMILES string of the molecule is CCN(Cc1ccccc1)C(=O)C1CCN(c2cccc3c2C(=O)N(C2CCCCCC2)C3=O)CC1. The van der Waals surface area contributed by atoms with Crippen LogP contribution in [-0.2, 0) is 11.3 Å². The summed E-state index contributed by atoms with van der Waals surface area (Å²) in [5.41, 5.74) is 3.10. The third-order valence-corrected chi connectivity index (χ3v) is 8.21. The van der Waals surface area contributed by atoms with Crippen LogP contribution in [0.3, 0.4) is 0 Å². The first-order valence-electron chi connectivity index (χ1n) is 13.7. The predicted molar refractivity (Wildman–Crippen MR) is 141 cm³/mol.